The normalized spacial score (nSPS) is 53.7. The molecule has 5 N–H and O–H groups in total. The van der Waals surface area contributed by atoms with Crippen LogP contribution in [0, 0.1) is 29.6 Å². The van der Waals surface area contributed by atoms with Crippen molar-refractivity contribution in [2.24, 2.45) is 29.6 Å². The van der Waals surface area contributed by atoms with Crippen LogP contribution in [-0.4, -0.2) is 96.6 Å². The van der Waals surface area contributed by atoms with Crippen LogP contribution in [-0.2, 0) is 34.5 Å². The lowest BCUT2D eigenvalue weighted by atomic mass is 9.49. The van der Waals surface area contributed by atoms with Crippen LogP contribution in [0.5, 0.6) is 0 Å². The molecule has 1 aromatic carbocycles. The minimum absolute atomic E-state index is 0.0369. The molecule has 5 heterocycles. The molecule has 16 atom stereocenters. The number of allylic oxidation sites excluding steroid dienone is 5. The van der Waals surface area contributed by atoms with E-state index in [9.17, 15) is 30.3 Å². The zero-order valence-corrected chi connectivity index (χ0v) is 29.1. The Bertz CT molecular complexity index is 1590. The highest BCUT2D eigenvalue weighted by Crippen LogP contribution is 2.74. The van der Waals surface area contributed by atoms with Gasteiger partial charge in [-0.25, -0.2) is 4.79 Å². The average Bonchev–Trinajstić information content (AvgIpc) is 3.78. The first-order valence-electron chi connectivity index (χ1n) is 18.2. The van der Waals surface area contributed by atoms with Crippen molar-refractivity contribution in [2.75, 3.05) is 6.61 Å². The summed E-state index contributed by atoms with van der Waals surface area (Å²) < 4.78 is 33.1. The molecule has 11 heteroatoms. The van der Waals surface area contributed by atoms with Crippen LogP contribution < -0.4 is 0 Å². The summed E-state index contributed by atoms with van der Waals surface area (Å²) in [5, 5.41) is 62.3. The summed E-state index contributed by atoms with van der Waals surface area (Å²) in [7, 11) is 0. The van der Waals surface area contributed by atoms with Gasteiger partial charge in [0.2, 0.25) is 0 Å². The Labute approximate surface area is 292 Å². The van der Waals surface area contributed by atoms with E-state index in [1.807, 2.05) is 44.2 Å². The predicted molar refractivity (Wildman–Crippen MR) is 178 cm³/mol. The van der Waals surface area contributed by atoms with E-state index >= 15 is 0 Å². The van der Waals surface area contributed by atoms with Crippen LogP contribution in [0.25, 0.3) is 0 Å². The number of benzene rings is 1. The van der Waals surface area contributed by atoms with Gasteiger partial charge in [0, 0.05) is 29.4 Å². The molecule has 1 spiro atoms. The molecule has 8 bridgehead atoms. The van der Waals surface area contributed by atoms with Gasteiger partial charge in [0.15, 0.2) is 0 Å². The van der Waals surface area contributed by atoms with Crippen LogP contribution in [0.1, 0.15) is 65.4 Å². The van der Waals surface area contributed by atoms with E-state index in [1.54, 1.807) is 37.3 Å². The number of epoxide rings is 1. The largest absolute Gasteiger partial charge is 0.456 e. The third kappa shape index (κ3) is 4.33. The first kappa shape index (κ1) is 34.6. The molecule has 0 radical (unpaired) electrons. The van der Waals surface area contributed by atoms with Crippen molar-refractivity contribution in [1.82, 2.24) is 0 Å². The number of rotatable bonds is 3. The van der Waals surface area contributed by atoms with Crippen molar-refractivity contribution >= 4 is 5.97 Å². The fourth-order valence-corrected chi connectivity index (χ4v) is 11.2. The monoisotopic (exact) mass is 694 g/mol. The van der Waals surface area contributed by atoms with E-state index in [2.05, 4.69) is 6.92 Å². The number of hydrogen-bond acceptors (Lipinski definition) is 11. The predicted octanol–water partition coefficient (Wildman–Crippen LogP) is 2.78. The molecule has 8 aliphatic rings. The molecule has 1 aromatic rings. The molecule has 5 aliphatic heterocycles. The maximum atomic E-state index is 13.3. The minimum atomic E-state index is -2.15. The zero-order chi connectivity index (χ0) is 35.5. The molecule has 272 valence electrons. The van der Waals surface area contributed by atoms with Gasteiger partial charge in [0.05, 0.1) is 17.8 Å². The van der Waals surface area contributed by atoms with Gasteiger partial charge >= 0.3 is 11.9 Å². The molecule has 3 aliphatic carbocycles. The summed E-state index contributed by atoms with van der Waals surface area (Å²) in [6.07, 6.45) is 6.95. The van der Waals surface area contributed by atoms with Crippen LogP contribution in [0.2, 0.25) is 0 Å². The highest BCUT2D eigenvalue weighted by Gasteiger charge is 2.91. The van der Waals surface area contributed by atoms with Crippen molar-refractivity contribution in [3.63, 3.8) is 0 Å². The number of aliphatic hydroxyl groups excluding tert-OH is 2. The van der Waals surface area contributed by atoms with Gasteiger partial charge in [-0.15, -0.1) is 0 Å². The molecule has 9 rings (SSSR count). The smallest absolute Gasteiger partial charge is 0.331 e. The molecule has 7 fully saturated rings. The van der Waals surface area contributed by atoms with Crippen LogP contribution in [0.3, 0.4) is 0 Å². The van der Waals surface area contributed by atoms with Crippen LogP contribution in [0.15, 0.2) is 66.8 Å². The number of hydrogen-bond donors (Lipinski definition) is 5. The topological polar surface area (TPSA) is 168 Å². The second kappa shape index (κ2) is 11.5. The summed E-state index contributed by atoms with van der Waals surface area (Å²) >= 11 is 0. The fraction of sp³-hybridized carbons (Fsp3) is 0.667. The highest BCUT2D eigenvalue weighted by molar-refractivity contribution is 5.82. The molecule has 11 nitrogen and oxygen atoms in total. The lowest BCUT2D eigenvalue weighted by Gasteiger charge is -2.74. The Morgan fingerprint density at radius 3 is 2.36 bits per heavy atom. The van der Waals surface area contributed by atoms with Gasteiger partial charge in [-0.3, -0.25) is 0 Å². The second-order valence-corrected chi connectivity index (χ2v) is 16.2. The van der Waals surface area contributed by atoms with E-state index in [0.717, 1.165) is 19.3 Å². The van der Waals surface area contributed by atoms with E-state index in [-0.39, 0.29) is 18.8 Å². The van der Waals surface area contributed by atoms with Crippen molar-refractivity contribution in [1.29, 1.82) is 0 Å². The lowest BCUT2D eigenvalue weighted by molar-refractivity contribution is -0.595. The number of ether oxygens (including phenoxy) is 5. The number of carbonyl (C=O) groups excluding carboxylic acids is 1. The maximum absolute atomic E-state index is 13.3. The van der Waals surface area contributed by atoms with Gasteiger partial charge in [0.1, 0.15) is 47.3 Å². The molecule has 4 saturated heterocycles. The van der Waals surface area contributed by atoms with Crippen molar-refractivity contribution in [2.45, 2.75) is 124 Å². The number of fused-ring (bicyclic) bond motifs is 1. The number of carbonyl (C=O) groups is 1. The van der Waals surface area contributed by atoms with Crippen molar-refractivity contribution < 1.29 is 54.0 Å². The average molecular weight is 695 g/mol. The summed E-state index contributed by atoms with van der Waals surface area (Å²) in [5.41, 5.74) is -8.45. The molecule has 0 aromatic heterocycles. The van der Waals surface area contributed by atoms with Crippen molar-refractivity contribution in [3.8, 4) is 0 Å². The Kier molecular flexibility index (Phi) is 7.98. The zero-order valence-electron chi connectivity index (χ0n) is 29.1. The van der Waals surface area contributed by atoms with Crippen molar-refractivity contribution in [3.05, 3.63) is 72.4 Å². The lowest BCUT2D eigenvalue weighted by Crippen LogP contribution is -2.89. The third-order valence-corrected chi connectivity index (χ3v) is 13.6. The molecule has 0 amide bonds. The fourth-order valence-electron chi connectivity index (χ4n) is 11.2. The standard InChI is InChI=1S/C39H50O11/c1-5-24-15-11-8-6-7-9-14-18-27(41)46-29-22(2)19-26-36(29,44)33(42)35(21-40)31(47-35)28-32-38(45,34(4,43)20-24)30-23(3)37(26,28)50-39(48-30,49-32)25-16-12-10-13-17-25/h6-10,12-14,16-18,22-24,26,28-33,40,42-45H,5,11,15,19-21H2,1-4H3. The Hall–Kier alpha value is -2.45. The van der Waals surface area contributed by atoms with Gasteiger partial charge in [-0.2, -0.15) is 0 Å². The summed E-state index contributed by atoms with van der Waals surface area (Å²) in [5.74, 6) is -5.43. The molecule has 50 heavy (non-hydrogen) atoms. The molecular weight excluding hydrogens is 644 g/mol. The van der Waals surface area contributed by atoms with Crippen LogP contribution >= 0.6 is 0 Å². The maximum Gasteiger partial charge on any atom is 0.331 e. The van der Waals surface area contributed by atoms with Gasteiger partial charge < -0.3 is 49.2 Å². The van der Waals surface area contributed by atoms with Gasteiger partial charge in [-0.05, 0) is 44.4 Å². The van der Waals surface area contributed by atoms with E-state index in [4.69, 9.17) is 23.7 Å². The van der Waals surface area contributed by atoms with E-state index in [1.165, 1.54) is 6.08 Å². The van der Waals surface area contributed by atoms with Gasteiger partial charge in [-0.1, -0.05) is 87.9 Å². The quantitative estimate of drug-likeness (QED) is 0.233. The number of aliphatic hydroxyl groups is 5. The van der Waals surface area contributed by atoms with Gasteiger partial charge in [0.25, 0.3) is 0 Å². The summed E-state index contributed by atoms with van der Waals surface area (Å²) in [6, 6.07) is 9.10. The summed E-state index contributed by atoms with van der Waals surface area (Å²) in [6.45, 7) is 6.77. The number of esters is 1. The first-order valence-corrected chi connectivity index (χ1v) is 18.2. The molecule has 16 unspecified atom stereocenters. The minimum Gasteiger partial charge on any atom is -0.456 e. The summed E-state index contributed by atoms with van der Waals surface area (Å²) in [4.78, 5) is 13.3. The van der Waals surface area contributed by atoms with E-state index in [0.29, 0.717) is 5.56 Å². The molecular formula is C39H50O11. The Morgan fingerprint density at radius 2 is 1.64 bits per heavy atom. The Balaban J connectivity index is 1.37. The third-order valence-electron chi connectivity index (χ3n) is 13.6. The van der Waals surface area contributed by atoms with E-state index < -0.39 is 101 Å². The Morgan fingerprint density at radius 1 is 0.920 bits per heavy atom. The SMILES string of the molecule is CCC1CCC=CC=CC=CC(=O)OC2C(C)CC3C2(O)C(O)C2(CO)OC2C2C4OC5(c6ccccc6)OC(C(C)C23O5)C4(O)C(C)(O)C1. The first-order chi connectivity index (χ1) is 23.8. The highest BCUT2D eigenvalue weighted by atomic mass is 16.9. The second-order valence-electron chi connectivity index (χ2n) is 16.2. The molecule has 3 saturated carbocycles. The van der Waals surface area contributed by atoms with Crippen LogP contribution in [0.4, 0.5) is 0 Å².